The average molecular weight is 263 g/mol. The molecule has 1 saturated carbocycles. The van der Waals surface area contributed by atoms with E-state index in [1.54, 1.807) is 12.1 Å². The fourth-order valence-corrected chi connectivity index (χ4v) is 3.28. The maximum Gasteiger partial charge on any atom is 0.126 e. The molecule has 0 amide bonds. The van der Waals surface area contributed by atoms with E-state index >= 15 is 0 Å². The predicted octanol–water partition coefficient (Wildman–Crippen LogP) is 4.49. The van der Waals surface area contributed by atoms with Crippen LogP contribution in [0, 0.1) is 11.7 Å². The summed E-state index contributed by atoms with van der Waals surface area (Å²) in [6.07, 6.45) is 7.37. The Morgan fingerprint density at radius 1 is 1.16 bits per heavy atom. The van der Waals surface area contributed by atoms with Crippen molar-refractivity contribution in [3.05, 3.63) is 35.6 Å². The van der Waals surface area contributed by atoms with Crippen LogP contribution in [0.2, 0.25) is 0 Å². The number of rotatable bonds is 5. The summed E-state index contributed by atoms with van der Waals surface area (Å²) in [5.41, 5.74) is 0.938. The second-order valence-corrected chi connectivity index (χ2v) is 5.73. The molecule has 0 aliphatic heterocycles. The third-order valence-corrected chi connectivity index (χ3v) is 4.30. The Labute approximate surface area is 116 Å². The monoisotopic (exact) mass is 263 g/mol. The molecule has 19 heavy (non-hydrogen) atoms. The highest BCUT2D eigenvalue weighted by atomic mass is 19.1. The van der Waals surface area contributed by atoms with E-state index in [1.807, 2.05) is 12.1 Å². The van der Waals surface area contributed by atoms with Gasteiger partial charge in [0.15, 0.2) is 0 Å². The molecule has 1 N–H and O–H groups in total. The van der Waals surface area contributed by atoms with Crippen LogP contribution in [0.3, 0.4) is 0 Å². The minimum absolute atomic E-state index is 0.0186. The second kappa shape index (κ2) is 7.64. The van der Waals surface area contributed by atoms with Crippen molar-refractivity contribution in [2.24, 2.45) is 5.92 Å². The summed E-state index contributed by atoms with van der Waals surface area (Å²) < 4.78 is 14.0. The van der Waals surface area contributed by atoms with Crippen LogP contribution in [0.15, 0.2) is 24.3 Å². The van der Waals surface area contributed by atoms with E-state index in [0.717, 1.165) is 31.5 Å². The average Bonchev–Trinajstić information content (AvgIpc) is 2.65. The van der Waals surface area contributed by atoms with Crippen molar-refractivity contribution in [1.82, 2.24) is 5.32 Å². The zero-order chi connectivity index (χ0) is 13.5. The molecule has 1 aliphatic carbocycles. The molecule has 1 fully saturated rings. The van der Waals surface area contributed by atoms with Gasteiger partial charge in [-0.2, -0.15) is 0 Å². The molecule has 0 saturated heterocycles. The molecule has 0 aromatic heterocycles. The van der Waals surface area contributed by atoms with Gasteiger partial charge < -0.3 is 5.32 Å². The fourth-order valence-electron chi connectivity index (χ4n) is 3.28. The first-order valence-electron chi connectivity index (χ1n) is 7.78. The zero-order valence-electron chi connectivity index (χ0n) is 12.0. The van der Waals surface area contributed by atoms with Crippen molar-refractivity contribution in [1.29, 1.82) is 0 Å². The van der Waals surface area contributed by atoms with Gasteiger partial charge in [0.25, 0.3) is 0 Å². The molecule has 0 bridgehead atoms. The van der Waals surface area contributed by atoms with Gasteiger partial charge >= 0.3 is 0 Å². The molecule has 1 nitrogen and oxygen atoms in total. The molecule has 2 rings (SSSR count). The maximum absolute atomic E-state index is 14.0. The molecule has 1 aromatic carbocycles. The van der Waals surface area contributed by atoms with E-state index in [9.17, 15) is 4.39 Å². The highest BCUT2D eigenvalue weighted by molar-refractivity contribution is 5.23. The molecule has 2 unspecified atom stereocenters. The number of halogens is 1. The van der Waals surface area contributed by atoms with Crippen LogP contribution in [0.5, 0.6) is 0 Å². The van der Waals surface area contributed by atoms with E-state index in [-0.39, 0.29) is 5.82 Å². The van der Waals surface area contributed by atoms with Crippen molar-refractivity contribution >= 4 is 0 Å². The van der Waals surface area contributed by atoms with Crippen LogP contribution in [0.25, 0.3) is 0 Å². The van der Waals surface area contributed by atoms with Crippen LogP contribution in [-0.2, 0) is 0 Å². The Hall–Kier alpha value is -0.890. The van der Waals surface area contributed by atoms with E-state index in [0.29, 0.717) is 11.8 Å². The van der Waals surface area contributed by atoms with E-state index in [2.05, 4.69) is 12.2 Å². The van der Waals surface area contributed by atoms with Crippen molar-refractivity contribution in [2.75, 3.05) is 13.1 Å². The Kier molecular flexibility index (Phi) is 5.84. The summed E-state index contributed by atoms with van der Waals surface area (Å²) in [5, 5.41) is 3.53. The summed E-state index contributed by atoms with van der Waals surface area (Å²) in [5.74, 6) is 0.967. The van der Waals surface area contributed by atoms with Crippen molar-refractivity contribution in [3.8, 4) is 0 Å². The molecular weight excluding hydrogens is 237 g/mol. The maximum atomic E-state index is 14.0. The lowest BCUT2D eigenvalue weighted by atomic mass is 9.82. The van der Waals surface area contributed by atoms with Crippen LogP contribution in [-0.4, -0.2) is 13.1 Å². The van der Waals surface area contributed by atoms with Crippen molar-refractivity contribution in [3.63, 3.8) is 0 Å². The first-order chi connectivity index (χ1) is 9.33. The summed E-state index contributed by atoms with van der Waals surface area (Å²) in [4.78, 5) is 0. The normalized spacial score (nSPS) is 24.1. The van der Waals surface area contributed by atoms with E-state index in [1.165, 1.54) is 25.7 Å². The van der Waals surface area contributed by atoms with Gasteiger partial charge in [-0.05, 0) is 55.8 Å². The second-order valence-electron chi connectivity index (χ2n) is 5.73. The minimum atomic E-state index is -0.0186. The smallest absolute Gasteiger partial charge is 0.126 e. The van der Waals surface area contributed by atoms with Gasteiger partial charge in [-0.15, -0.1) is 0 Å². The van der Waals surface area contributed by atoms with Crippen LogP contribution in [0.4, 0.5) is 4.39 Å². The Balaban J connectivity index is 2.10. The van der Waals surface area contributed by atoms with Gasteiger partial charge in [0.05, 0.1) is 0 Å². The lowest BCUT2D eigenvalue weighted by Gasteiger charge is -2.26. The van der Waals surface area contributed by atoms with Gasteiger partial charge in [-0.1, -0.05) is 44.4 Å². The van der Waals surface area contributed by atoms with Gasteiger partial charge in [-0.3, -0.25) is 0 Å². The molecule has 1 aromatic rings. The van der Waals surface area contributed by atoms with E-state index < -0.39 is 0 Å². The number of hydrogen-bond acceptors (Lipinski definition) is 1. The summed E-state index contributed by atoms with van der Waals surface area (Å²) in [7, 11) is 0. The minimum Gasteiger partial charge on any atom is -0.316 e. The van der Waals surface area contributed by atoms with Gasteiger partial charge in [-0.25, -0.2) is 4.39 Å². The SMILES string of the molecule is CCCNCC1CCCCCC1c1ccccc1F. The van der Waals surface area contributed by atoms with Crippen LogP contribution in [0.1, 0.15) is 56.9 Å². The summed E-state index contributed by atoms with van der Waals surface area (Å²) >= 11 is 0. The summed E-state index contributed by atoms with van der Waals surface area (Å²) in [6.45, 7) is 4.29. The summed E-state index contributed by atoms with van der Waals surface area (Å²) in [6, 6.07) is 7.36. The standard InChI is InChI=1S/C17H26FN/c1-2-12-19-13-14-8-4-3-5-9-15(14)16-10-6-7-11-17(16)18/h6-7,10-11,14-15,19H,2-5,8-9,12-13H2,1H3. The van der Waals surface area contributed by atoms with Gasteiger partial charge in [0, 0.05) is 0 Å². The third-order valence-electron chi connectivity index (χ3n) is 4.30. The molecule has 1 aliphatic rings. The van der Waals surface area contributed by atoms with Crippen LogP contribution >= 0.6 is 0 Å². The third kappa shape index (κ3) is 4.04. The molecule has 2 atom stereocenters. The molecule has 106 valence electrons. The largest absolute Gasteiger partial charge is 0.316 e. The first-order valence-corrected chi connectivity index (χ1v) is 7.78. The fraction of sp³-hybridized carbons (Fsp3) is 0.647. The number of benzene rings is 1. The molecule has 0 heterocycles. The molecular formula is C17H26FN. The van der Waals surface area contributed by atoms with Crippen LogP contribution < -0.4 is 5.32 Å². The predicted molar refractivity (Wildman–Crippen MR) is 78.9 cm³/mol. The van der Waals surface area contributed by atoms with Gasteiger partial charge in [0.2, 0.25) is 0 Å². The van der Waals surface area contributed by atoms with E-state index in [4.69, 9.17) is 0 Å². The Bertz CT molecular complexity index is 377. The van der Waals surface area contributed by atoms with Crippen molar-refractivity contribution in [2.45, 2.75) is 51.4 Å². The lowest BCUT2D eigenvalue weighted by Crippen LogP contribution is -2.27. The number of nitrogens with one attached hydrogen (secondary N) is 1. The molecule has 0 spiro atoms. The topological polar surface area (TPSA) is 12.0 Å². The lowest BCUT2D eigenvalue weighted by molar-refractivity contribution is 0.367. The quantitative estimate of drug-likeness (QED) is 0.609. The number of hydrogen-bond donors (Lipinski definition) is 1. The Morgan fingerprint density at radius 3 is 2.74 bits per heavy atom. The molecule has 2 heteroatoms. The zero-order valence-corrected chi connectivity index (χ0v) is 12.0. The highest BCUT2D eigenvalue weighted by Crippen LogP contribution is 2.37. The first kappa shape index (κ1) is 14.5. The Morgan fingerprint density at radius 2 is 1.95 bits per heavy atom. The van der Waals surface area contributed by atoms with Crippen molar-refractivity contribution < 1.29 is 4.39 Å². The van der Waals surface area contributed by atoms with Gasteiger partial charge in [0.1, 0.15) is 5.82 Å². The molecule has 0 radical (unpaired) electrons. The highest BCUT2D eigenvalue weighted by Gasteiger charge is 2.26.